The summed E-state index contributed by atoms with van der Waals surface area (Å²) in [5.74, 6) is 0.101. The lowest BCUT2D eigenvalue weighted by molar-refractivity contribution is -0.140. The molecular formula is C11H17N3O2. The number of nitrogens with zero attached hydrogens (tertiary/aromatic N) is 2. The molecule has 1 aliphatic carbocycles. The summed E-state index contributed by atoms with van der Waals surface area (Å²) >= 11 is 0. The van der Waals surface area contributed by atoms with E-state index < -0.39 is 5.97 Å². The summed E-state index contributed by atoms with van der Waals surface area (Å²) in [6.45, 7) is 0. The third kappa shape index (κ3) is 2.59. The number of hydrogen-bond donors (Lipinski definition) is 2. The summed E-state index contributed by atoms with van der Waals surface area (Å²) < 4.78 is 0. The maximum atomic E-state index is 11.0. The summed E-state index contributed by atoms with van der Waals surface area (Å²) in [5.41, 5.74) is -0.108. The van der Waals surface area contributed by atoms with Gasteiger partial charge >= 0.3 is 5.97 Å². The van der Waals surface area contributed by atoms with E-state index in [1.165, 1.54) is 12.7 Å². The van der Waals surface area contributed by atoms with Crippen molar-refractivity contribution in [2.24, 2.45) is 5.41 Å². The van der Waals surface area contributed by atoms with Crippen LogP contribution in [-0.2, 0) is 11.2 Å². The summed E-state index contributed by atoms with van der Waals surface area (Å²) in [4.78, 5) is 15.1. The first-order valence-electron chi connectivity index (χ1n) is 5.76. The van der Waals surface area contributed by atoms with E-state index in [4.69, 9.17) is 5.11 Å². The second kappa shape index (κ2) is 4.63. The first kappa shape index (κ1) is 11.1. The van der Waals surface area contributed by atoms with Gasteiger partial charge in [0.25, 0.3) is 0 Å². The fourth-order valence-electron chi connectivity index (χ4n) is 2.71. The van der Waals surface area contributed by atoms with Crippen LogP contribution in [0, 0.1) is 5.41 Å². The molecule has 0 saturated heterocycles. The number of carboxylic acid groups (broad SMARTS) is 1. The van der Waals surface area contributed by atoms with E-state index >= 15 is 0 Å². The van der Waals surface area contributed by atoms with Crippen LogP contribution in [0.3, 0.4) is 0 Å². The number of aromatic nitrogens is 3. The third-order valence-corrected chi connectivity index (χ3v) is 3.45. The van der Waals surface area contributed by atoms with E-state index in [2.05, 4.69) is 15.2 Å². The Morgan fingerprint density at radius 1 is 1.44 bits per heavy atom. The lowest BCUT2D eigenvalue weighted by Gasteiger charge is -2.35. The molecule has 1 saturated carbocycles. The topological polar surface area (TPSA) is 78.9 Å². The third-order valence-electron chi connectivity index (χ3n) is 3.45. The Kier molecular flexibility index (Phi) is 3.22. The molecule has 0 spiro atoms. The minimum absolute atomic E-state index is 0.108. The molecule has 5 heteroatoms. The highest BCUT2D eigenvalue weighted by Crippen LogP contribution is 2.41. The molecule has 1 heterocycles. The van der Waals surface area contributed by atoms with Gasteiger partial charge in [-0.1, -0.05) is 19.3 Å². The van der Waals surface area contributed by atoms with Crippen molar-refractivity contribution in [3.05, 3.63) is 12.2 Å². The van der Waals surface area contributed by atoms with Crippen molar-refractivity contribution in [3.8, 4) is 0 Å². The molecule has 0 aromatic carbocycles. The Labute approximate surface area is 94.3 Å². The lowest BCUT2D eigenvalue weighted by Crippen LogP contribution is -2.30. The van der Waals surface area contributed by atoms with Gasteiger partial charge in [-0.3, -0.25) is 9.89 Å². The Bertz CT molecular complexity index is 342. The molecule has 0 amide bonds. The van der Waals surface area contributed by atoms with Crippen LogP contribution in [0.4, 0.5) is 0 Å². The van der Waals surface area contributed by atoms with Crippen molar-refractivity contribution in [1.82, 2.24) is 15.2 Å². The quantitative estimate of drug-likeness (QED) is 0.815. The summed E-state index contributed by atoms with van der Waals surface area (Å²) in [5, 5.41) is 15.7. The average Bonchev–Trinajstić information content (AvgIpc) is 2.70. The minimum Gasteiger partial charge on any atom is -0.481 e. The van der Waals surface area contributed by atoms with Crippen LogP contribution in [-0.4, -0.2) is 26.3 Å². The number of carboxylic acids is 1. The SMILES string of the molecule is O=C(O)CC1(Cc2ncn[nH]2)CCCCC1. The monoisotopic (exact) mass is 223 g/mol. The van der Waals surface area contributed by atoms with Crippen LogP contribution >= 0.6 is 0 Å². The molecule has 16 heavy (non-hydrogen) atoms. The molecular weight excluding hydrogens is 206 g/mol. The van der Waals surface area contributed by atoms with Gasteiger partial charge in [0.1, 0.15) is 12.2 Å². The van der Waals surface area contributed by atoms with E-state index in [0.29, 0.717) is 6.42 Å². The predicted octanol–water partition coefficient (Wildman–Crippen LogP) is 1.77. The summed E-state index contributed by atoms with van der Waals surface area (Å²) in [6.07, 6.45) is 7.88. The number of H-pyrrole nitrogens is 1. The standard InChI is InChI=1S/C11H17N3O2/c15-10(16)7-11(4-2-1-3-5-11)6-9-12-8-13-14-9/h8H,1-7H2,(H,15,16)(H,12,13,14). The maximum Gasteiger partial charge on any atom is 0.303 e. The maximum absolute atomic E-state index is 11.0. The fraction of sp³-hybridized carbons (Fsp3) is 0.727. The van der Waals surface area contributed by atoms with Gasteiger partial charge in [0, 0.05) is 6.42 Å². The van der Waals surface area contributed by atoms with Crippen LogP contribution in [0.25, 0.3) is 0 Å². The van der Waals surface area contributed by atoms with E-state index in [1.807, 2.05) is 0 Å². The molecule has 88 valence electrons. The summed E-state index contributed by atoms with van der Waals surface area (Å²) in [7, 11) is 0. The lowest BCUT2D eigenvalue weighted by atomic mass is 9.69. The molecule has 1 fully saturated rings. The molecule has 1 aromatic rings. The predicted molar refractivity (Wildman–Crippen MR) is 57.9 cm³/mol. The van der Waals surface area contributed by atoms with Gasteiger partial charge in [-0.25, -0.2) is 4.98 Å². The molecule has 0 unspecified atom stereocenters. The Morgan fingerprint density at radius 3 is 2.75 bits per heavy atom. The molecule has 1 aromatic heterocycles. The molecule has 0 aliphatic heterocycles. The highest BCUT2D eigenvalue weighted by atomic mass is 16.4. The zero-order valence-corrected chi connectivity index (χ0v) is 9.28. The summed E-state index contributed by atoms with van der Waals surface area (Å²) in [6, 6.07) is 0. The second-order valence-corrected chi connectivity index (χ2v) is 4.74. The van der Waals surface area contributed by atoms with Gasteiger partial charge in [0.2, 0.25) is 0 Å². The van der Waals surface area contributed by atoms with Crippen molar-refractivity contribution < 1.29 is 9.90 Å². The van der Waals surface area contributed by atoms with Crippen LogP contribution in [0.1, 0.15) is 44.3 Å². The van der Waals surface area contributed by atoms with Crippen molar-refractivity contribution in [2.45, 2.75) is 44.9 Å². The fourth-order valence-corrected chi connectivity index (χ4v) is 2.71. The highest BCUT2D eigenvalue weighted by Gasteiger charge is 2.35. The number of nitrogens with one attached hydrogen (secondary N) is 1. The van der Waals surface area contributed by atoms with Gasteiger partial charge in [0.15, 0.2) is 0 Å². The molecule has 0 bridgehead atoms. The van der Waals surface area contributed by atoms with Crippen LogP contribution in [0.5, 0.6) is 0 Å². The first-order chi connectivity index (χ1) is 7.70. The van der Waals surface area contributed by atoms with Gasteiger partial charge in [-0.2, -0.15) is 5.10 Å². The number of rotatable bonds is 4. The van der Waals surface area contributed by atoms with E-state index in [9.17, 15) is 4.79 Å². The number of aliphatic carboxylic acids is 1. The van der Waals surface area contributed by atoms with E-state index in [1.54, 1.807) is 0 Å². The first-order valence-corrected chi connectivity index (χ1v) is 5.76. The number of hydrogen-bond acceptors (Lipinski definition) is 3. The largest absolute Gasteiger partial charge is 0.481 e. The molecule has 2 N–H and O–H groups in total. The highest BCUT2D eigenvalue weighted by molar-refractivity contribution is 5.67. The van der Waals surface area contributed by atoms with Crippen molar-refractivity contribution in [2.75, 3.05) is 0 Å². The molecule has 2 rings (SSSR count). The molecule has 0 atom stereocenters. The van der Waals surface area contributed by atoms with Gasteiger partial charge in [0.05, 0.1) is 6.42 Å². The average molecular weight is 223 g/mol. The minimum atomic E-state index is -0.707. The van der Waals surface area contributed by atoms with Crippen LogP contribution in [0.2, 0.25) is 0 Å². The van der Waals surface area contributed by atoms with Gasteiger partial charge < -0.3 is 5.11 Å². The number of carbonyl (C=O) groups is 1. The van der Waals surface area contributed by atoms with Gasteiger partial charge in [-0.05, 0) is 18.3 Å². The number of aromatic amines is 1. The normalized spacial score (nSPS) is 19.5. The van der Waals surface area contributed by atoms with E-state index in [-0.39, 0.29) is 11.8 Å². The zero-order chi connectivity index (χ0) is 11.4. The molecule has 1 aliphatic rings. The van der Waals surface area contributed by atoms with Crippen molar-refractivity contribution >= 4 is 5.97 Å². The zero-order valence-electron chi connectivity index (χ0n) is 9.28. The molecule has 0 radical (unpaired) electrons. The van der Waals surface area contributed by atoms with Crippen LogP contribution < -0.4 is 0 Å². The molecule has 5 nitrogen and oxygen atoms in total. The Hall–Kier alpha value is -1.39. The van der Waals surface area contributed by atoms with Crippen LogP contribution in [0.15, 0.2) is 6.33 Å². The van der Waals surface area contributed by atoms with E-state index in [0.717, 1.165) is 31.5 Å². The van der Waals surface area contributed by atoms with Crippen molar-refractivity contribution in [3.63, 3.8) is 0 Å². The second-order valence-electron chi connectivity index (χ2n) is 4.74. The van der Waals surface area contributed by atoms with Crippen molar-refractivity contribution in [1.29, 1.82) is 0 Å². The van der Waals surface area contributed by atoms with Gasteiger partial charge in [-0.15, -0.1) is 0 Å². The Balaban J connectivity index is 2.09. The smallest absolute Gasteiger partial charge is 0.303 e. The Morgan fingerprint density at radius 2 is 2.19 bits per heavy atom.